The fourth-order valence-corrected chi connectivity index (χ4v) is 3.22. The Kier molecular flexibility index (Phi) is 7.64. The highest BCUT2D eigenvalue weighted by atomic mass is 35.5. The molecule has 2 rings (SSSR count). The number of carbonyl (C=O) groups is 2. The van der Waals surface area contributed by atoms with E-state index >= 15 is 0 Å². The van der Waals surface area contributed by atoms with E-state index in [1.54, 1.807) is 12.1 Å². The van der Waals surface area contributed by atoms with Crippen LogP contribution >= 0.6 is 11.6 Å². The van der Waals surface area contributed by atoms with Gasteiger partial charge < -0.3 is 10.1 Å². The van der Waals surface area contributed by atoms with Gasteiger partial charge in [0, 0.05) is 5.02 Å². The summed E-state index contributed by atoms with van der Waals surface area (Å²) in [6, 6.07) is 13.0. The Morgan fingerprint density at radius 1 is 0.964 bits per heavy atom. The molecular weight excluding hydrogens is 374 g/mol. The predicted octanol–water partition coefficient (Wildman–Crippen LogP) is 5.12. The molecule has 5 heteroatoms. The van der Waals surface area contributed by atoms with Gasteiger partial charge in [0.05, 0.1) is 12.0 Å². The summed E-state index contributed by atoms with van der Waals surface area (Å²) in [5, 5.41) is 3.49. The largest absolute Gasteiger partial charge is 0.455 e. The first-order valence-electron chi connectivity index (χ1n) is 9.47. The topological polar surface area (TPSA) is 55.4 Å². The van der Waals surface area contributed by atoms with Crippen LogP contribution in [0.15, 0.2) is 42.5 Å². The number of hydrogen-bond acceptors (Lipinski definition) is 3. The van der Waals surface area contributed by atoms with E-state index in [1.165, 1.54) is 11.1 Å². The van der Waals surface area contributed by atoms with E-state index in [2.05, 4.69) is 11.4 Å². The summed E-state index contributed by atoms with van der Waals surface area (Å²) < 4.78 is 5.31. The Hall–Kier alpha value is -2.33. The molecule has 0 saturated heterocycles. The fraction of sp³-hybridized carbons (Fsp3) is 0.391. The lowest BCUT2D eigenvalue weighted by Gasteiger charge is -2.20. The maximum Gasteiger partial charge on any atom is 0.314 e. The zero-order valence-corrected chi connectivity index (χ0v) is 17.8. The SMILES string of the molecule is Cc1ccc([C@@H](C)NC(=O)COC(=O)[C@@H](c2ccc(Cl)cc2)C(C)C)cc1C. The van der Waals surface area contributed by atoms with Crippen LogP contribution in [0.3, 0.4) is 0 Å². The van der Waals surface area contributed by atoms with Gasteiger partial charge in [0.25, 0.3) is 5.91 Å². The molecule has 0 unspecified atom stereocenters. The minimum atomic E-state index is -0.442. The van der Waals surface area contributed by atoms with Crippen LogP contribution in [0, 0.1) is 19.8 Å². The van der Waals surface area contributed by atoms with Gasteiger partial charge in [-0.25, -0.2) is 0 Å². The normalized spacial score (nSPS) is 13.1. The first-order chi connectivity index (χ1) is 13.2. The van der Waals surface area contributed by atoms with E-state index in [-0.39, 0.29) is 24.5 Å². The van der Waals surface area contributed by atoms with Crippen molar-refractivity contribution < 1.29 is 14.3 Å². The van der Waals surface area contributed by atoms with Gasteiger partial charge >= 0.3 is 5.97 Å². The minimum Gasteiger partial charge on any atom is -0.455 e. The van der Waals surface area contributed by atoms with Crippen molar-refractivity contribution in [3.05, 3.63) is 69.7 Å². The fourth-order valence-electron chi connectivity index (χ4n) is 3.09. The summed E-state index contributed by atoms with van der Waals surface area (Å²) in [5.74, 6) is -1.14. The molecule has 0 radical (unpaired) electrons. The molecule has 0 spiro atoms. The van der Waals surface area contributed by atoms with Crippen LogP contribution in [0.2, 0.25) is 5.02 Å². The maximum atomic E-state index is 12.6. The third kappa shape index (κ3) is 5.83. The van der Waals surface area contributed by atoms with Gasteiger partial charge in [0.1, 0.15) is 0 Å². The van der Waals surface area contributed by atoms with Gasteiger partial charge in [-0.05, 0) is 61.1 Å². The maximum absolute atomic E-state index is 12.6. The summed E-state index contributed by atoms with van der Waals surface area (Å²) >= 11 is 5.93. The van der Waals surface area contributed by atoms with E-state index in [0.717, 1.165) is 11.1 Å². The highest BCUT2D eigenvalue weighted by Crippen LogP contribution is 2.27. The lowest BCUT2D eigenvalue weighted by molar-refractivity contribution is -0.151. The molecule has 1 amide bonds. The molecule has 2 aromatic carbocycles. The van der Waals surface area contributed by atoms with Crippen molar-refractivity contribution in [2.45, 2.75) is 46.6 Å². The smallest absolute Gasteiger partial charge is 0.314 e. The molecule has 0 aliphatic carbocycles. The van der Waals surface area contributed by atoms with Gasteiger partial charge in [-0.15, -0.1) is 0 Å². The second-order valence-corrected chi connectivity index (χ2v) is 7.95. The van der Waals surface area contributed by atoms with Crippen LogP contribution < -0.4 is 5.32 Å². The Morgan fingerprint density at radius 3 is 2.14 bits per heavy atom. The highest BCUT2D eigenvalue weighted by molar-refractivity contribution is 6.30. The molecule has 4 nitrogen and oxygen atoms in total. The molecule has 0 fully saturated rings. The Balaban J connectivity index is 1.95. The lowest BCUT2D eigenvalue weighted by atomic mass is 9.88. The molecule has 0 bridgehead atoms. The monoisotopic (exact) mass is 401 g/mol. The quantitative estimate of drug-likeness (QED) is 0.655. The number of esters is 1. The van der Waals surface area contributed by atoms with E-state index in [1.807, 2.05) is 58.9 Å². The number of rotatable bonds is 7. The van der Waals surface area contributed by atoms with Crippen LogP contribution in [0.4, 0.5) is 0 Å². The van der Waals surface area contributed by atoms with Crippen molar-refractivity contribution >= 4 is 23.5 Å². The summed E-state index contributed by atoms with van der Waals surface area (Å²) in [4.78, 5) is 24.8. The molecule has 2 atom stereocenters. The van der Waals surface area contributed by atoms with Crippen molar-refractivity contribution in [2.75, 3.05) is 6.61 Å². The Morgan fingerprint density at radius 2 is 1.57 bits per heavy atom. The predicted molar refractivity (Wildman–Crippen MR) is 112 cm³/mol. The van der Waals surface area contributed by atoms with Gasteiger partial charge in [-0.2, -0.15) is 0 Å². The summed E-state index contributed by atoms with van der Waals surface area (Å²) in [6.45, 7) is 9.59. The molecule has 150 valence electrons. The molecular formula is C23H28ClNO3. The van der Waals surface area contributed by atoms with Crippen molar-refractivity contribution in [1.82, 2.24) is 5.32 Å². The first kappa shape index (κ1) is 22.0. The number of halogens is 1. The van der Waals surface area contributed by atoms with Gasteiger partial charge in [0.2, 0.25) is 0 Å². The third-order valence-corrected chi connectivity index (χ3v) is 5.16. The molecule has 1 N–H and O–H groups in total. The van der Waals surface area contributed by atoms with E-state index in [0.29, 0.717) is 5.02 Å². The van der Waals surface area contributed by atoms with Crippen LogP contribution in [-0.2, 0) is 14.3 Å². The summed E-state index contributed by atoms with van der Waals surface area (Å²) in [7, 11) is 0. The number of amides is 1. The number of ether oxygens (including phenoxy) is 1. The van der Waals surface area contributed by atoms with Crippen molar-refractivity contribution in [3.8, 4) is 0 Å². The molecule has 0 aliphatic rings. The number of nitrogens with one attached hydrogen (secondary N) is 1. The third-order valence-electron chi connectivity index (χ3n) is 4.90. The first-order valence-corrected chi connectivity index (χ1v) is 9.85. The van der Waals surface area contributed by atoms with E-state index < -0.39 is 11.9 Å². The zero-order valence-electron chi connectivity index (χ0n) is 17.1. The van der Waals surface area contributed by atoms with E-state index in [4.69, 9.17) is 16.3 Å². The van der Waals surface area contributed by atoms with Crippen molar-refractivity contribution in [3.63, 3.8) is 0 Å². The molecule has 0 saturated carbocycles. The molecule has 0 aromatic heterocycles. The number of hydrogen-bond donors (Lipinski definition) is 1. The Bertz CT molecular complexity index is 830. The summed E-state index contributed by atoms with van der Waals surface area (Å²) in [5.41, 5.74) is 4.23. The summed E-state index contributed by atoms with van der Waals surface area (Å²) in [6.07, 6.45) is 0. The lowest BCUT2D eigenvalue weighted by Crippen LogP contribution is -2.32. The van der Waals surface area contributed by atoms with Gasteiger partial charge in [-0.1, -0.05) is 55.8 Å². The van der Waals surface area contributed by atoms with Gasteiger partial charge in [0.15, 0.2) is 6.61 Å². The van der Waals surface area contributed by atoms with Crippen molar-refractivity contribution in [2.24, 2.45) is 5.92 Å². The highest BCUT2D eigenvalue weighted by Gasteiger charge is 2.26. The van der Waals surface area contributed by atoms with Crippen LogP contribution in [-0.4, -0.2) is 18.5 Å². The van der Waals surface area contributed by atoms with Crippen LogP contribution in [0.1, 0.15) is 55.0 Å². The molecule has 28 heavy (non-hydrogen) atoms. The Labute approximate surface area is 172 Å². The number of benzene rings is 2. The second-order valence-electron chi connectivity index (χ2n) is 7.51. The van der Waals surface area contributed by atoms with Crippen LogP contribution in [0.25, 0.3) is 0 Å². The van der Waals surface area contributed by atoms with Crippen molar-refractivity contribution in [1.29, 1.82) is 0 Å². The van der Waals surface area contributed by atoms with Crippen LogP contribution in [0.5, 0.6) is 0 Å². The number of aryl methyl sites for hydroxylation is 2. The number of carbonyl (C=O) groups excluding carboxylic acids is 2. The molecule has 0 heterocycles. The molecule has 0 aliphatic heterocycles. The standard InChI is InChI=1S/C23H28ClNO3/c1-14(2)22(18-8-10-20(24)11-9-18)23(27)28-13-21(26)25-17(5)19-7-6-15(3)16(4)12-19/h6-12,14,17,22H,13H2,1-5H3,(H,25,26)/t17-,22-/m1/s1. The van der Waals surface area contributed by atoms with E-state index in [9.17, 15) is 9.59 Å². The average Bonchev–Trinajstić information content (AvgIpc) is 2.63. The second kappa shape index (κ2) is 9.74. The van der Waals surface area contributed by atoms with Gasteiger partial charge in [-0.3, -0.25) is 9.59 Å². The average molecular weight is 402 g/mol. The zero-order chi connectivity index (χ0) is 20.8. The molecule has 2 aromatic rings. The minimum absolute atomic E-state index is 0.0335.